The van der Waals surface area contributed by atoms with Gasteiger partial charge >= 0.3 is 5.97 Å². The van der Waals surface area contributed by atoms with Gasteiger partial charge in [-0.3, -0.25) is 9.59 Å². The van der Waals surface area contributed by atoms with E-state index in [9.17, 15) is 19.5 Å². The van der Waals surface area contributed by atoms with Gasteiger partial charge in [0.25, 0.3) is 0 Å². The Morgan fingerprint density at radius 1 is 1.33 bits per heavy atom. The van der Waals surface area contributed by atoms with Crippen LogP contribution in [-0.2, 0) is 16.0 Å². The lowest BCUT2D eigenvalue weighted by Gasteiger charge is -2.23. The number of hydrogen-bond donors (Lipinski definition) is 2. The van der Waals surface area contributed by atoms with Gasteiger partial charge in [-0.2, -0.15) is 0 Å². The van der Waals surface area contributed by atoms with Crippen LogP contribution in [-0.4, -0.2) is 52.0 Å². The number of carboxylic acids is 1. The van der Waals surface area contributed by atoms with Gasteiger partial charge in [-0.15, -0.1) is 11.8 Å². The minimum Gasteiger partial charge on any atom is -0.478 e. The van der Waals surface area contributed by atoms with Crippen LogP contribution in [0.25, 0.3) is 0 Å². The second kappa shape index (κ2) is 8.19. The van der Waals surface area contributed by atoms with Crippen LogP contribution < -0.4 is 5.32 Å². The van der Waals surface area contributed by atoms with Gasteiger partial charge in [0.1, 0.15) is 6.04 Å². The van der Waals surface area contributed by atoms with E-state index in [-0.39, 0.29) is 23.8 Å². The second-order valence-corrected chi connectivity index (χ2v) is 7.16. The van der Waals surface area contributed by atoms with Crippen LogP contribution in [0.1, 0.15) is 29.8 Å². The Labute approximate surface area is 145 Å². The SMILES string of the molecule is CC(C)CNC(=O)C1CSCN1C(=O)Cc1ccccc1C(=O)O. The maximum absolute atomic E-state index is 12.6. The highest BCUT2D eigenvalue weighted by molar-refractivity contribution is 7.99. The summed E-state index contributed by atoms with van der Waals surface area (Å²) >= 11 is 1.53. The Kier molecular flexibility index (Phi) is 6.25. The van der Waals surface area contributed by atoms with Gasteiger partial charge in [0.05, 0.1) is 17.9 Å². The number of nitrogens with one attached hydrogen (secondary N) is 1. The number of hydrogen-bond acceptors (Lipinski definition) is 4. The van der Waals surface area contributed by atoms with Gasteiger partial charge in [-0.25, -0.2) is 4.79 Å². The van der Waals surface area contributed by atoms with E-state index in [1.54, 1.807) is 23.1 Å². The van der Waals surface area contributed by atoms with Crippen molar-refractivity contribution in [2.75, 3.05) is 18.2 Å². The zero-order valence-electron chi connectivity index (χ0n) is 13.8. The Balaban J connectivity index is 2.06. The predicted molar refractivity (Wildman–Crippen MR) is 92.9 cm³/mol. The smallest absolute Gasteiger partial charge is 0.335 e. The molecule has 1 aliphatic rings. The van der Waals surface area contributed by atoms with Gasteiger partial charge < -0.3 is 15.3 Å². The summed E-state index contributed by atoms with van der Waals surface area (Å²) < 4.78 is 0. The molecule has 130 valence electrons. The molecular formula is C17H22N2O4S. The minimum atomic E-state index is -1.06. The fourth-order valence-corrected chi connectivity index (χ4v) is 3.66. The molecular weight excluding hydrogens is 328 g/mol. The molecule has 2 amide bonds. The van der Waals surface area contributed by atoms with E-state index in [0.717, 1.165) is 0 Å². The summed E-state index contributed by atoms with van der Waals surface area (Å²) in [5, 5.41) is 12.1. The van der Waals surface area contributed by atoms with Crippen molar-refractivity contribution < 1.29 is 19.5 Å². The van der Waals surface area contributed by atoms with Crippen molar-refractivity contribution in [1.82, 2.24) is 10.2 Å². The fourth-order valence-electron chi connectivity index (χ4n) is 2.48. The van der Waals surface area contributed by atoms with Gasteiger partial charge in [0, 0.05) is 12.3 Å². The molecule has 7 heteroatoms. The molecule has 1 unspecified atom stereocenters. The quantitative estimate of drug-likeness (QED) is 0.814. The summed E-state index contributed by atoms with van der Waals surface area (Å²) in [4.78, 5) is 37.7. The topological polar surface area (TPSA) is 86.7 Å². The Morgan fingerprint density at radius 2 is 2.04 bits per heavy atom. The van der Waals surface area contributed by atoms with Crippen molar-refractivity contribution in [1.29, 1.82) is 0 Å². The lowest BCUT2D eigenvalue weighted by Crippen LogP contribution is -2.48. The molecule has 1 saturated heterocycles. The van der Waals surface area contributed by atoms with Crippen LogP contribution in [0.5, 0.6) is 0 Å². The molecule has 1 aromatic rings. The lowest BCUT2D eigenvalue weighted by atomic mass is 10.0. The zero-order valence-corrected chi connectivity index (χ0v) is 14.6. The number of nitrogens with zero attached hydrogens (tertiary/aromatic N) is 1. The van der Waals surface area contributed by atoms with Crippen LogP contribution in [0.2, 0.25) is 0 Å². The summed E-state index contributed by atoms with van der Waals surface area (Å²) in [7, 11) is 0. The van der Waals surface area contributed by atoms with Crippen molar-refractivity contribution in [2.45, 2.75) is 26.3 Å². The number of carboxylic acid groups (broad SMARTS) is 1. The number of carbonyl (C=O) groups is 3. The number of rotatable bonds is 6. The summed E-state index contributed by atoms with van der Waals surface area (Å²) in [6.45, 7) is 4.59. The molecule has 1 fully saturated rings. The zero-order chi connectivity index (χ0) is 17.7. The first-order chi connectivity index (χ1) is 11.4. The van der Waals surface area contributed by atoms with E-state index in [1.807, 2.05) is 13.8 Å². The van der Waals surface area contributed by atoms with Crippen LogP contribution in [0.4, 0.5) is 0 Å². The fraction of sp³-hybridized carbons (Fsp3) is 0.471. The molecule has 2 N–H and O–H groups in total. The third kappa shape index (κ3) is 4.50. The number of amides is 2. The lowest BCUT2D eigenvalue weighted by molar-refractivity contribution is -0.137. The highest BCUT2D eigenvalue weighted by Crippen LogP contribution is 2.23. The normalized spacial score (nSPS) is 17.1. The molecule has 1 atom stereocenters. The van der Waals surface area contributed by atoms with E-state index >= 15 is 0 Å². The first-order valence-electron chi connectivity index (χ1n) is 7.86. The van der Waals surface area contributed by atoms with Crippen molar-refractivity contribution in [3.63, 3.8) is 0 Å². The van der Waals surface area contributed by atoms with Crippen LogP contribution >= 0.6 is 11.8 Å². The summed E-state index contributed by atoms with van der Waals surface area (Å²) in [5.41, 5.74) is 0.590. The van der Waals surface area contributed by atoms with E-state index in [1.165, 1.54) is 17.8 Å². The highest BCUT2D eigenvalue weighted by atomic mass is 32.2. The third-order valence-corrected chi connectivity index (χ3v) is 4.79. The van der Waals surface area contributed by atoms with Crippen LogP contribution in [0, 0.1) is 5.92 Å². The highest BCUT2D eigenvalue weighted by Gasteiger charge is 2.34. The summed E-state index contributed by atoms with van der Waals surface area (Å²) in [6.07, 6.45) is -0.0169. The Morgan fingerprint density at radius 3 is 2.71 bits per heavy atom. The van der Waals surface area contributed by atoms with E-state index in [2.05, 4.69) is 5.32 Å². The largest absolute Gasteiger partial charge is 0.478 e. The van der Waals surface area contributed by atoms with Crippen LogP contribution in [0.15, 0.2) is 24.3 Å². The predicted octanol–water partition coefficient (Wildman–Crippen LogP) is 1.60. The molecule has 0 saturated carbocycles. The van der Waals surface area contributed by atoms with Crippen LogP contribution in [0.3, 0.4) is 0 Å². The minimum absolute atomic E-state index is 0.0169. The molecule has 2 rings (SSSR count). The molecule has 0 spiro atoms. The van der Waals surface area contributed by atoms with Gasteiger partial charge in [-0.1, -0.05) is 32.0 Å². The summed E-state index contributed by atoms with van der Waals surface area (Å²) in [6, 6.07) is 5.97. The molecule has 1 aliphatic heterocycles. The Hall–Kier alpha value is -2.02. The molecule has 6 nitrogen and oxygen atoms in total. The molecule has 0 aromatic heterocycles. The molecule has 0 aliphatic carbocycles. The first kappa shape index (κ1) is 18.3. The van der Waals surface area contributed by atoms with Gasteiger partial charge in [0.15, 0.2) is 0 Å². The third-order valence-electron chi connectivity index (χ3n) is 3.78. The standard InChI is InChI=1S/C17H22N2O4S/c1-11(2)8-18-16(21)14-9-24-10-19(14)15(20)7-12-5-3-4-6-13(12)17(22)23/h3-6,11,14H,7-10H2,1-2H3,(H,18,21)(H,22,23). The van der Waals surface area contributed by atoms with Gasteiger partial charge in [0.2, 0.25) is 11.8 Å². The second-order valence-electron chi connectivity index (χ2n) is 6.16. The molecule has 0 radical (unpaired) electrons. The van der Waals surface area contributed by atoms with E-state index in [4.69, 9.17) is 0 Å². The Bertz CT molecular complexity index is 633. The molecule has 0 bridgehead atoms. The molecule has 1 heterocycles. The molecule has 24 heavy (non-hydrogen) atoms. The van der Waals surface area contributed by atoms with E-state index < -0.39 is 12.0 Å². The van der Waals surface area contributed by atoms with Crippen molar-refractivity contribution >= 4 is 29.5 Å². The van der Waals surface area contributed by atoms with Gasteiger partial charge in [-0.05, 0) is 17.5 Å². The number of thioether (sulfide) groups is 1. The number of carbonyl (C=O) groups excluding carboxylic acids is 2. The average molecular weight is 350 g/mol. The van der Waals surface area contributed by atoms with Crippen molar-refractivity contribution in [2.24, 2.45) is 5.92 Å². The average Bonchev–Trinajstić information content (AvgIpc) is 3.02. The monoisotopic (exact) mass is 350 g/mol. The molecule has 1 aromatic carbocycles. The number of aromatic carboxylic acids is 1. The summed E-state index contributed by atoms with van der Waals surface area (Å²) in [5.74, 6) is -0.0636. The number of benzene rings is 1. The maximum atomic E-state index is 12.6. The maximum Gasteiger partial charge on any atom is 0.335 e. The van der Waals surface area contributed by atoms with Crippen molar-refractivity contribution in [3.8, 4) is 0 Å². The first-order valence-corrected chi connectivity index (χ1v) is 9.01. The van der Waals surface area contributed by atoms with Crippen molar-refractivity contribution in [3.05, 3.63) is 35.4 Å². The van der Waals surface area contributed by atoms with E-state index in [0.29, 0.717) is 29.7 Å².